The lowest BCUT2D eigenvalue weighted by Gasteiger charge is -2.14. The monoisotopic (exact) mass is 241 g/mol. The molecule has 18 heavy (non-hydrogen) atoms. The summed E-state index contributed by atoms with van der Waals surface area (Å²) in [6.07, 6.45) is 0. The van der Waals surface area contributed by atoms with E-state index in [9.17, 15) is 0 Å². The van der Waals surface area contributed by atoms with Crippen LogP contribution in [0.15, 0.2) is 36.4 Å². The summed E-state index contributed by atoms with van der Waals surface area (Å²) in [6.45, 7) is 6.38. The summed E-state index contributed by atoms with van der Waals surface area (Å²) >= 11 is 0. The Labute approximate surface area is 109 Å². The molecule has 0 bridgehead atoms. The van der Waals surface area contributed by atoms with Gasteiger partial charge in [0.1, 0.15) is 5.75 Å². The van der Waals surface area contributed by atoms with Crippen molar-refractivity contribution in [1.29, 1.82) is 0 Å². The molecule has 0 aliphatic heterocycles. The normalized spacial score (nSPS) is 10.2. The van der Waals surface area contributed by atoms with Crippen LogP contribution in [-0.2, 0) is 0 Å². The van der Waals surface area contributed by atoms with Gasteiger partial charge in [-0.15, -0.1) is 0 Å². The van der Waals surface area contributed by atoms with Crippen LogP contribution in [0.3, 0.4) is 0 Å². The van der Waals surface area contributed by atoms with Gasteiger partial charge in [0, 0.05) is 11.4 Å². The summed E-state index contributed by atoms with van der Waals surface area (Å²) < 4.78 is 5.15. The van der Waals surface area contributed by atoms with Crippen molar-refractivity contribution in [2.45, 2.75) is 20.8 Å². The fraction of sp³-hybridized carbons (Fsp3) is 0.250. The van der Waals surface area contributed by atoms with Gasteiger partial charge in [0.05, 0.1) is 7.11 Å². The number of nitrogens with one attached hydrogen (secondary N) is 1. The van der Waals surface area contributed by atoms with E-state index in [-0.39, 0.29) is 0 Å². The molecule has 0 aliphatic rings. The molecule has 1 N–H and O–H groups in total. The van der Waals surface area contributed by atoms with E-state index >= 15 is 0 Å². The molecule has 0 atom stereocenters. The molecule has 0 fully saturated rings. The highest BCUT2D eigenvalue weighted by molar-refractivity contribution is 5.67. The molecule has 2 nitrogen and oxygen atoms in total. The molecular formula is C16H19NO. The zero-order chi connectivity index (χ0) is 13.1. The summed E-state index contributed by atoms with van der Waals surface area (Å²) in [4.78, 5) is 0. The van der Waals surface area contributed by atoms with Gasteiger partial charge in [0.2, 0.25) is 0 Å². The minimum atomic E-state index is 0.873. The fourth-order valence-electron chi connectivity index (χ4n) is 2.20. The van der Waals surface area contributed by atoms with Crippen LogP contribution >= 0.6 is 0 Å². The maximum atomic E-state index is 5.15. The highest BCUT2D eigenvalue weighted by Gasteiger charge is 2.04. The molecular weight excluding hydrogens is 222 g/mol. The Morgan fingerprint density at radius 3 is 1.94 bits per heavy atom. The predicted octanol–water partition coefficient (Wildman–Crippen LogP) is 4.36. The molecule has 0 heterocycles. The number of rotatable bonds is 3. The molecule has 0 aromatic heterocycles. The van der Waals surface area contributed by atoms with E-state index in [2.05, 4.69) is 38.2 Å². The molecule has 0 unspecified atom stereocenters. The average molecular weight is 241 g/mol. The minimum absolute atomic E-state index is 0.873. The number of aryl methyl sites for hydroxylation is 3. The van der Waals surface area contributed by atoms with Gasteiger partial charge < -0.3 is 10.1 Å². The second-order valence-electron chi connectivity index (χ2n) is 4.63. The number of hydrogen-bond donors (Lipinski definition) is 1. The average Bonchev–Trinajstić information content (AvgIpc) is 2.34. The second kappa shape index (κ2) is 5.13. The SMILES string of the molecule is COc1ccc(Nc2c(C)cc(C)cc2C)cc1. The van der Waals surface area contributed by atoms with E-state index < -0.39 is 0 Å². The number of ether oxygens (including phenoxy) is 1. The first-order valence-corrected chi connectivity index (χ1v) is 6.09. The minimum Gasteiger partial charge on any atom is -0.497 e. The van der Waals surface area contributed by atoms with Gasteiger partial charge in [0.25, 0.3) is 0 Å². The number of anilines is 2. The van der Waals surface area contributed by atoms with Crippen LogP contribution in [-0.4, -0.2) is 7.11 Å². The van der Waals surface area contributed by atoms with Crippen molar-refractivity contribution >= 4 is 11.4 Å². The first-order valence-electron chi connectivity index (χ1n) is 6.09. The van der Waals surface area contributed by atoms with Crippen LogP contribution in [0.4, 0.5) is 11.4 Å². The molecule has 2 rings (SSSR count). The van der Waals surface area contributed by atoms with Crippen molar-refractivity contribution in [2.75, 3.05) is 12.4 Å². The van der Waals surface area contributed by atoms with Crippen molar-refractivity contribution in [1.82, 2.24) is 0 Å². The van der Waals surface area contributed by atoms with Gasteiger partial charge >= 0.3 is 0 Å². The summed E-state index contributed by atoms with van der Waals surface area (Å²) in [7, 11) is 1.68. The Bertz CT molecular complexity index is 521. The molecule has 0 saturated carbocycles. The lowest BCUT2D eigenvalue weighted by atomic mass is 10.0. The molecule has 94 valence electrons. The Kier molecular flexibility index (Phi) is 3.56. The maximum absolute atomic E-state index is 5.15. The summed E-state index contributed by atoms with van der Waals surface area (Å²) in [6, 6.07) is 12.4. The molecule has 0 amide bonds. The van der Waals surface area contributed by atoms with Gasteiger partial charge in [-0.1, -0.05) is 17.7 Å². The third-order valence-electron chi connectivity index (χ3n) is 3.04. The van der Waals surface area contributed by atoms with Crippen molar-refractivity contribution in [2.24, 2.45) is 0 Å². The van der Waals surface area contributed by atoms with Crippen LogP contribution in [0.25, 0.3) is 0 Å². The highest BCUT2D eigenvalue weighted by Crippen LogP contribution is 2.26. The van der Waals surface area contributed by atoms with Gasteiger partial charge in [-0.2, -0.15) is 0 Å². The van der Waals surface area contributed by atoms with Crippen LogP contribution < -0.4 is 10.1 Å². The third kappa shape index (κ3) is 2.65. The van der Waals surface area contributed by atoms with E-state index in [0.717, 1.165) is 11.4 Å². The van der Waals surface area contributed by atoms with Gasteiger partial charge in [-0.3, -0.25) is 0 Å². The molecule has 2 heteroatoms. The fourth-order valence-corrected chi connectivity index (χ4v) is 2.20. The van der Waals surface area contributed by atoms with Gasteiger partial charge in [0.15, 0.2) is 0 Å². The largest absolute Gasteiger partial charge is 0.497 e. The Hall–Kier alpha value is -1.96. The predicted molar refractivity (Wildman–Crippen MR) is 76.9 cm³/mol. The van der Waals surface area contributed by atoms with Crippen LogP contribution in [0, 0.1) is 20.8 Å². The highest BCUT2D eigenvalue weighted by atomic mass is 16.5. The van der Waals surface area contributed by atoms with Crippen LogP contribution in [0.1, 0.15) is 16.7 Å². The summed E-state index contributed by atoms with van der Waals surface area (Å²) in [5, 5.41) is 3.46. The van der Waals surface area contributed by atoms with Crippen molar-refractivity contribution in [3.8, 4) is 5.75 Å². The molecule has 0 radical (unpaired) electrons. The topological polar surface area (TPSA) is 21.3 Å². The zero-order valence-corrected chi connectivity index (χ0v) is 11.4. The van der Waals surface area contributed by atoms with Crippen molar-refractivity contribution < 1.29 is 4.74 Å². The smallest absolute Gasteiger partial charge is 0.119 e. The van der Waals surface area contributed by atoms with Crippen molar-refractivity contribution in [3.63, 3.8) is 0 Å². The van der Waals surface area contributed by atoms with E-state index in [1.54, 1.807) is 7.11 Å². The Morgan fingerprint density at radius 1 is 0.889 bits per heavy atom. The van der Waals surface area contributed by atoms with E-state index in [4.69, 9.17) is 4.74 Å². The lowest BCUT2D eigenvalue weighted by molar-refractivity contribution is 0.415. The Morgan fingerprint density at radius 2 is 1.44 bits per heavy atom. The molecule has 0 aliphatic carbocycles. The number of benzene rings is 2. The molecule has 2 aromatic carbocycles. The first kappa shape index (κ1) is 12.5. The maximum Gasteiger partial charge on any atom is 0.119 e. The number of hydrogen-bond acceptors (Lipinski definition) is 2. The van der Waals surface area contributed by atoms with E-state index in [1.807, 2.05) is 24.3 Å². The standard InChI is InChI=1S/C16H19NO/c1-11-9-12(2)16(13(3)10-11)17-14-5-7-15(18-4)8-6-14/h5-10,17H,1-4H3. The first-order chi connectivity index (χ1) is 8.60. The second-order valence-corrected chi connectivity index (χ2v) is 4.63. The van der Waals surface area contributed by atoms with Crippen LogP contribution in [0.5, 0.6) is 5.75 Å². The van der Waals surface area contributed by atoms with Gasteiger partial charge in [-0.05, 0) is 56.2 Å². The number of methoxy groups -OCH3 is 1. The third-order valence-corrected chi connectivity index (χ3v) is 3.04. The molecule has 2 aromatic rings. The van der Waals surface area contributed by atoms with Crippen LogP contribution in [0.2, 0.25) is 0 Å². The van der Waals surface area contributed by atoms with E-state index in [0.29, 0.717) is 0 Å². The quantitative estimate of drug-likeness (QED) is 0.861. The summed E-state index contributed by atoms with van der Waals surface area (Å²) in [5.74, 6) is 0.873. The summed E-state index contributed by atoms with van der Waals surface area (Å²) in [5.41, 5.74) is 6.09. The van der Waals surface area contributed by atoms with Crippen molar-refractivity contribution in [3.05, 3.63) is 53.1 Å². The zero-order valence-electron chi connectivity index (χ0n) is 11.4. The van der Waals surface area contributed by atoms with Gasteiger partial charge in [-0.25, -0.2) is 0 Å². The molecule has 0 saturated heterocycles. The lowest BCUT2D eigenvalue weighted by Crippen LogP contribution is -1.97. The van der Waals surface area contributed by atoms with E-state index in [1.165, 1.54) is 22.4 Å². The molecule has 0 spiro atoms. The Balaban J connectivity index is 2.28.